The predicted octanol–water partition coefficient (Wildman–Crippen LogP) is 2.15. The third kappa shape index (κ3) is 2.55. The summed E-state index contributed by atoms with van der Waals surface area (Å²) in [6, 6.07) is 5.98. The molecule has 16 heavy (non-hydrogen) atoms. The van der Waals surface area contributed by atoms with Gasteiger partial charge in [-0.2, -0.15) is 0 Å². The van der Waals surface area contributed by atoms with Gasteiger partial charge in [-0.1, -0.05) is 17.8 Å². The van der Waals surface area contributed by atoms with Crippen molar-refractivity contribution in [3.05, 3.63) is 36.3 Å². The predicted molar refractivity (Wildman–Crippen MR) is 66.6 cm³/mol. The zero-order chi connectivity index (χ0) is 11.4. The average Bonchev–Trinajstić information content (AvgIpc) is 2.72. The fraction of sp³-hybridized carbons (Fsp3) is 0.273. The number of nitrogens with one attached hydrogen (secondary N) is 1. The Balaban J connectivity index is 2.02. The van der Waals surface area contributed by atoms with Crippen molar-refractivity contribution in [2.45, 2.75) is 10.9 Å². The first-order chi connectivity index (χ1) is 7.79. The minimum atomic E-state index is 0.834. The highest BCUT2D eigenvalue weighted by Gasteiger charge is 2.02. The summed E-state index contributed by atoms with van der Waals surface area (Å²) in [6.07, 6.45) is 3.75. The molecule has 0 bridgehead atoms. The smallest absolute Gasteiger partial charge is 0.168 e. The molecule has 0 aromatic carbocycles. The van der Waals surface area contributed by atoms with E-state index in [9.17, 15) is 0 Å². The van der Waals surface area contributed by atoms with Crippen LogP contribution in [0.1, 0.15) is 5.69 Å². The molecule has 0 spiro atoms. The summed E-state index contributed by atoms with van der Waals surface area (Å²) in [5.74, 6) is 1.73. The summed E-state index contributed by atoms with van der Waals surface area (Å²) in [6.45, 7) is 0. The molecular formula is C11H14N4S. The first-order valence-electron chi connectivity index (χ1n) is 5.03. The molecule has 0 saturated carbocycles. The molecule has 0 aliphatic heterocycles. The molecule has 0 atom stereocenters. The lowest BCUT2D eigenvalue weighted by Crippen LogP contribution is -1.96. The highest BCUT2D eigenvalue weighted by Crippen LogP contribution is 2.19. The largest absolute Gasteiger partial charge is 0.373 e. The number of imidazole rings is 1. The van der Waals surface area contributed by atoms with Crippen molar-refractivity contribution >= 4 is 17.6 Å². The van der Waals surface area contributed by atoms with Crippen LogP contribution in [0.25, 0.3) is 0 Å². The molecule has 0 aliphatic rings. The van der Waals surface area contributed by atoms with E-state index in [1.807, 2.05) is 43.1 Å². The lowest BCUT2D eigenvalue weighted by atomic mass is 10.4. The van der Waals surface area contributed by atoms with E-state index in [1.54, 1.807) is 18.0 Å². The molecular weight excluding hydrogens is 220 g/mol. The van der Waals surface area contributed by atoms with Crippen LogP contribution in [-0.2, 0) is 12.8 Å². The van der Waals surface area contributed by atoms with Gasteiger partial charge in [0.25, 0.3) is 0 Å². The zero-order valence-corrected chi connectivity index (χ0v) is 10.2. The van der Waals surface area contributed by atoms with Gasteiger partial charge in [0.15, 0.2) is 5.16 Å². The molecule has 2 aromatic rings. The van der Waals surface area contributed by atoms with Crippen LogP contribution in [-0.4, -0.2) is 21.6 Å². The second-order valence-corrected chi connectivity index (χ2v) is 4.32. The summed E-state index contributed by atoms with van der Waals surface area (Å²) in [5.41, 5.74) is 1.06. The Kier molecular flexibility index (Phi) is 3.46. The third-order valence-electron chi connectivity index (χ3n) is 2.19. The summed E-state index contributed by atoms with van der Waals surface area (Å²) in [7, 11) is 3.87. The minimum Gasteiger partial charge on any atom is -0.373 e. The Morgan fingerprint density at radius 1 is 1.44 bits per heavy atom. The molecule has 1 N–H and O–H groups in total. The maximum atomic E-state index is 4.45. The molecule has 0 amide bonds. The Bertz CT molecular complexity index is 467. The SMILES string of the molecule is CNc1cccc(CSc2nccn2C)n1. The molecule has 84 valence electrons. The number of hydrogen-bond acceptors (Lipinski definition) is 4. The topological polar surface area (TPSA) is 42.7 Å². The molecule has 0 radical (unpaired) electrons. The van der Waals surface area contributed by atoms with Gasteiger partial charge < -0.3 is 9.88 Å². The van der Waals surface area contributed by atoms with Gasteiger partial charge >= 0.3 is 0 Å². The quantitative estimate of drug-likeness (QED) is 0.823. The van der Waals surface area contributed by atoms with E-state index in [0.29, 0.717) is 0 Å². The highest BCUT2D eigenvalue weighted by atomic mass is 32.2. The molecule has 5 heteroatoms. The van der Waals surface area contributed by atoms with E-state index in [1.165, 1.54) is 0 Å². The lowest BCUT2D eigenvalue weighted by Gasteiger charge is -2.03. The Labute approximate surface area is 99.1 Å². The van der Waals surface area contributed by atoms with E-state index in [2.05, 4.69) is 15.3 Å². The van der Waals surface area contributed by atoms with Gasteiger partial charge in [-0.3, -0.25) is 0 Å². The summed E-state index contributed by atoms with van der Waals surface area (Å²) in [4.78, 5) is 8.71. The summed E-state index contributed by atoms with van der Waals surface area (Å²) in [5, 5.41) is 4.04. The second-order valence-electron chi connectivity index (χ2n) is 3.37. The fourth-order valence-electron chi connectivity index (χ4n) is 1.33. The Morgan fingerprint density at radius 3 is 3.00 bits per heavy atom. The van der Waals surface area contributed by atoms with E-state index in [4.69, 9.17) is 0 Å². The number of pyridine rings is 1. The minimum absolute atomic E-state index is 0.834. The monoisotopic (exact) mass is 234 g/mol. The van der Waals surface area contributed by atoms with Crippen LogP contribution in [0.3, 0.4) is 0 Å². The lowest BCUT2D eigenvalue weighted by molar-refractivity contribution is 0.789. The standard InChI is InChI=1S/C11H14N4S/c1-12-10-5-3-4-9(14-10)8-16-11-13-6-7-15(11)2/h3-7H,8H2,1-2H3,(H,12,14). The molecule has 4 nitrogen and oxygen atoms in total. The van der Waals surface area contributed by atoms with Crippen LogP contribution >= 0.6 is 11.8 Å². The zero-order valence-electron chi connectivity index (χ0n) is 9.34. The van der Waals surface area contributed by atoms with Crippen molar-refractivity contribution in [2.75, 3.05) is 12.4 Å². The maximum absolute atomic E-state index is 4.45. The van der Waals surface area contributed by atoms with Crippen LogP contribution in [0, 0.1) is 0 Å². The number of rotatable bonds is 4. The number of hydrogen-bond donors (Lipinski definition) is 1. The van der Waals surface area contributed by atoms with Gasteiger partial charge in [-0.05, 0) is 12.1 Å². The van der Waals surface area contributed by atoms with E-state index < -0.39 is 0 Å². The first kappa shape index (κ1) is 11.0. The van der Waals surface area contributed by atoms with Crippen molar-refractivity contribution in [1.29, 1.82) is 0 Å². The number of aromatic nitrogens is 3. The van der Waals surface area contributed by atoms with Gasteiger partial charge in [0.1, 0.15) is 5.82 Å². The summed E-state index contributed by atoms with van der Waals surface area (Å²) < 4.78 is 2.01. The Morgan fingerprint density at radius 2 is 2.31 bits per heavy atom. The summed E-state index contributed by atoms with van der Waals surface area (Å²) >= 11 is 1.69. The van der Waals surface area contributed by atoms with Crippen LogP contribution in [0.15, 0.2) is 35.7 Å². The van der Waals surface area contributed by atoms with Gasteiger partial charge in [-0.15, -0.1) is 0 Å². The van der Waals surface area contributed by atoms with Gasteiger partial charge in [0.05, 0.1) is 5.69 Å². The van der Waals surface area contributed by atoms with Crippen molar-refractivity contribution in [3.63, 3.8) is 0 Å². The Hall–Kier alpha value is -1.49. The van der Waals surface area contributed by atoms with E-state index in [0.717, 1.165) is 22.4 Å². The second kappa shape index (κ2) is 5.03. The normalized spacial score (nSPS) is 10.4. The first-order valence-corrected chi connectivity index (χ1v) is 6.02. The number of thioether (sulfide) groups is 1. The van der Waals surface area contributed by atoms with Gasteiger partial charge in [0.2, 0.25) is 0 Å². The molecule has 2 rings (SSSR count). The molecule has 0 saturated heterocycles. The average molecular weight is 234 g/mol. The fourth-order valence-corrected chi connectivity index (χ4v) is 2.17. The molecule has 2 heterocycles. The van der Waals surface area contributed by atoms with Crippen LogP contribution in [0.4, 0.5) is 5.82 Å². The van der Waals surface area contributed by atoms with E-state index >= 15 is 0 Å². The molecule has 0 unspecified atom stereocenters. The maximum Gasteiger partial charge on any atom is 0.168 e. The van der Waals surface area contributed by atoms with Gasteiger partial charge in [-0.25, -0.2) is 9.97 Å². The van der Waals surface area contributed by atoms with Crippen molar-refractivity contribution in [3.8, 4) is 0 Å². The molecule has 2 aromatic heterocycles. The number of nitrogens with zero attached hydrogens (tertiary/aromatic N) is 3. The van der Waals surface area contributed by atoms with Crippen molar-refractivity contribution in [2.24, 2.45) is 7.05 Å². The van der Waals surface area contributed by atoms with Crippen LogP contribution in [0.5, 0.6) is 0 Å². The number of aryl methyl sites for hydroxylation is 1. The molecule has 0 fully saturated rings. The van der Waals surface area contributed by atoms with Gasteiger partial charge in [0, 0.05) is 32.2 Å². The molecule has 0 aliphatic carbocycles. The third-order valence-corrected chi connectivity index (χ3v) is 3.28. The highest BCUT2D eigenvalue weighted by molar-refractivity contribution is 7.98. The van der Waals surface area contributed by atoms with Crippen LogP contribution < -0.4 is 5.32 Å². The van der Waals surface area contributed by atoms with Crippen molar-refractivity contribution < 1.29 is 0 Å². The van der Waals surface area contributed by atoms with Crippen molar-refractivity contribution in [1.82, 2.24) is 14.5 Å². The number of anilines is 1. The van der Waals surface area contributed by atoms with E-state index in [-0.39, 0.29) is 0 Å². The van der Waals surface area contributed by atoms with Crippen LogP contribution in [0.2, 0.25) is 0 Å².